The number of aliphatic hydroxyl groups is 1. The highest BCUT2D eigenvalue weighted by Crippen LogP contribution is 2.44. The third kappa shape index (κ3) is 3.84. The summed E-state index contributed by atoms with van der Waals surface area (Å²) >= 11 is 0. The maximum Gasteiger partial charge on any atom is 0.240 e. The van der Waals surface area contributed by atoms with Crippen molar-refractivity contribution in [3.05, 3.63) is 42.6 Å². The third-order valence-corrected chi connectivity index (χ3v) is 6.54. The molecule has 29 heavy (non-hydrogen) atoms. The van der Waals surface area contributed by atoms with Crippen molar-refractivity contribution in [3.8, 4) is 17.1 Å². The summed E-state index contributed by atoms with van der Waals surface area (Å²) in [5.74, 6) is 0.491. The summed E-state index contributed by atoms with van der Waals surface area (Å²) in [6, 6.07) is 4.82. The topological polar surface area (TPSA) is 149 Å². The molecule has 2 heterocycles. The number of aliphatic hydroxyl groups excluding tert-OH is 1. The number of hydrogen-bond acceptors (Lipinski definition) is 8. The van der Waals surface area contributed by atoms with Crippen molar-refractivity contribution >= 4 is 15.8 Å². The molecule has 1 aliphatic carbocycles. The average molecular weight is 415 g/mol. The second-order valence-corrected chi connectivity index (χ2v) is 9.03. The van der Waals surface area contributed by atoms with E-state index in [9.17, 15) is 13.5 Å². The molecule has 11 heteroatoms. The van der Waals surface area contributed by atoms with Crippen LogP contribution in [-0.2, 0) is 10.0 Å². The second-order valence-electron chi connectivity index (χ2n) is 7.26. The Morgan fingerprint density at radius 1 is 1.34 bits per heavy atom. The normalized spacial score (nSPS) is 15.4. The fourth-order valence-electron chi connectivity index (χ4n) is 2.95. The molecule has 0 atom stereocenters. The summed E-state index contributed by atoms with van der Waals surface area (Å²) in [6.45, 7) is 2.05. The van der Waals surface area contributed by atoms with Crippen molar-refractivity contribution in [3.63, 3.8) is 0 Å². The van der Waals surface area contributed by atoms with Gasteiger partial charge in [-0.05, 0) is 37.5 Å². The van der Waals surface area contributed by atoms with Crippen molar-refractivity contribution < 1.29 is 13.5 Å². The Bertz CT molecular complexity index is 1140. The highest BCUT2D eigenvalue weighted by molar-refractivity contribution is 7.89. The van der Waals surface area contributed by atoms with Crippen LogP contribution in [0.4, 0.5) is 5.82 Å². The molecule has 0 bridgehead atoms. The van der Waals surface area contributed by atoms with Crippen molar-refractivity contribution in [2.45, 2.75) is 24.7 Å². The molecule has 2 aromatic heterocycles. The van der Waals surface area contributed by atoms with E-state index in [-0.39, 0.29) is 29.3 Å². The molecule has 152 valence electrons. The molecule has 10 nitrogen and oxygen atoms in total. The molecular formula is C18H21N7O3S. The monoisotopic (exact) mass is 415 g/mol. The first kappa shape index (κ1) is 19.4. The molecule has 1 aromatic carbocycles. The van der Waals surface area contributed by atoms with Gasteiger partial charge in [-0.15, -0.1) is 0 Å². The maximum absolute atomic E-state index is 12.8. The van der Waals surface area contributed by atoms with Gasteiger partial charge in [-0.1, -0.05) is 6.07 Å². The van der Waals surface area contributed by atoms with Crippen LogP contribution in [-0.4, -0.2) is 51.4 Å². The highest BCUT2D eigenvalue weighted by Gasteiger charge is 2.42. The number of hydrogen-bond donors (Lipinski definition) is 3. The number of nitrogens with one attached hydrogen (secondary N) is 1. The number of nitrogen functional groups attached to an aromatic ring is 1. The van der Waals surface area contributed by atoms with E-state index in [0.29, 0.717) is 17.1 Å². The molecule has 0 unspecified atom stereocenters. The summed E-state index contributed by atoms with van der Waals surface area (Å²) < 4.78 is 29.5. The molecule has 0 amide bonds. The van der Waals surface area contributed by atoms with Gasteiger partial charge in [-0.2, -0.15) is 9.78 Å². The third-order valence-electron chi connectivity index (χ3n) is 5.14. The smallest absolute Gasteiger partial charge is 0.240 e. The lowest BCUT2D eigenvalue weighted by Gasteiger charge is -2.14. The Kier molecular flexibility index (Phi) is 4.81. The number of sulfonamides is 1. The van der Waals surface area contributed by atoms with E-state index in [1.54, 1.807) is 18.2 Å². The molecular weight excluding hydrogens is 394 g/mol. The van der Waals surface area contributed by atoms with Gasteiger partial charge >= 0.3 is 0 Å². The van der Waals surface area contributed by atoms with Crippen LogP contribution in [0.1, 0.15) is 18.4 Å². The molecule has 1 fully saturated rings. The first-order valence-corrected chi connectivity index (χ1v) is 10.5. The number of aryl methyl sites for hydroxylation is 1. The van der Waals surface area contributed by atoms with E-state index in [0.717, 1.165) is 18.4 Å². The van der Waals surface area contributed by atoms with Gasteiger partial charge in [0.05, 0.1) is 16.8 Å². The second kappa shape index (κ2) is 7.17. The lowest BCUT2D eigenvalue weighted by Crippen LogP contribution is -2.32. The largest absolute Gasteiger partial charge is 0.396 e. The minimum absolute atomic E-state index is 0.0270. The number of benzene rings is 1. The van der Waals surface area contributed by atoms with Crippen LogP contribution >= 0.6 is 0 Å². The van der Waals surface area contributed by atoms with Crippen molar-refractivity contribution in [2.75, 3.05) is 18.9 Å². The first-order chi connectivity index (χ1) is 13.8. The fraction of sp³-hybridized carbons (Fsp3) is 0.333. The molecule has 3 aromatic rings. The van der Waals surface area contributed by atoms with Gasteiger partial charge < -0.3 is 10.8 Å². The molecule has 4 rings (SSSR count). The number of rotatable bonds is 7. The SMILES string of the molecule is Cc1ccc(S(=O)(=O)NCC2(CO)CC2)cc1-c1cnc(N)c(-n2cncn2)n1. The number of aromatic nitrogens is 5. The van der Waals surface area contributed by atoms with Gasteiger partial charge in [-0.3, -0.25) is 0 Å². The molecule has 0 aliphatic heterocycles. The van der Waals surface area contributed by atoms with E-state index >= 15 is 0 Å². The predicted molar refractivity (Wildman–Crippen MR) is 105 cm³/mol. The predicted octanol–water partition coefficient (Wildman–Crippen LogP) is 0.666. The quantitative estimate of drug-likeness (QED) is 0.510. The van der Waals surface area contributed by atoms with E-state index in [2.05, 4.69) is 24.8 Å². The Labute approximate surface area is 167 Å². The zero-order valence-corrected chi connectivity index (χ0v) is 16.6. The van der Waals surface area contributed by atoms with Gasteiger partial charge in [-0.25, -0.2) is 28.1 Å². The van der Waals surface area contributed by atoms with Crippen molar-refractivity contribution in [1.82, 2.24) is 29.5 Å². The lowest BCUT2D eigenvalue weighted by atomic mass is 10.1. The molecule has 1 saturated carbocycles. The minimum Gasteiger partial charge on any atom is -0.396 e. The van der Waals surface area contributed by atoms with Gasteiger partial charge in [0.2, 0.25) is 10.0 Å². The van der Waals surface area contributed by atoms with Gasteiger partial charge in [0, 0.05) is 24.1 Å². The standard InChI is InChI=1S/C18H21N7O3S/c1-12-2-3-13(29(27,28)23-8-18(9-26)4-5-18)6-14(12)15-7-21-16(19)17(24-15)25-11-20-10-22-25/h2-3,6-7,10-11,23,26H,4-5,8-9H2,1H3,(H2,19,21). The van der Waals surface area contributed by atoms with E-state index in [1.807, 2.05) is 6.92 Å². The van der Waals surface area contributed by atoms with E-state index in [1.165, 1.54) is 23.5 Å². The molecule has 0 saturated heterocycles. The van der Waals surface area contributed by atoms with Crippen LogP contribution < -0.4 is 10.5 Å². The highest BCUT2D eigenvalue weighted by atomic mass is 32.2. The summed E-state index contributed by atoms with van der Waals surface area (Å²) in [7, 11) is -3.73. The van der Waals surface area contributed by atoms with E-state index in [4.69, 9.17) is 5.73 Å². The van der Waals surface area contributed by atoms with Crippen LogP contribution in [0.15, 0.2) is 41.9 Å². The Morgan fingerprint density at radius 3 is 2.79 bits per heavy atom. The zero-order chi connectivity index (χ0) is 20.6. The van der Waals surface area contributed by atoms with Crippen molar-refractivity contribution in [1.29, 1.82) is 0 Å². The molecule has 0 spiro atoms. The number of nitrogens with two attached hydrogens (primary N) is 1. The Morgan fingerprint density at radius 2 is 2.14 bits per heavy atom. The van der Waals surface area contributed by atoms with Gasteiger partial charge in [0.1, 0.15) is 12.7 Å². The van der Waals surface area contributed by atoms with Gasteiger partial charge in [0.25, 0.3) is 0 Å². The van der Waals surface area contributed by atoms with Crippen LogP contribution in [0.2, 0.25) is 0 Å². The van der Waals surface area contributed by atoms with Gasteiger partial charge in [0.15, 0.2) is 11.6 Å². The fourth-order valence-corrected chi connectivity index (χ4v) is 4.13. The molecule has 4 N–H and O–H groups in total. The van der Waals surface area contributed by atoms with Crippen LogP contribution in [0.3, 0.4) is 0 Å². The van der Waals surface area contributed by atoms with Crippen LogP contribution in [0.5, 0.6) is 0 Å². The molecule has 1 aliphatic rings. The minimum atomic E-state index is -3.73. The summed E-state index contributed by atoms with van der Waals surface area (Å²) in [5, 5.41) is 13.4. The summed E-state index contributed by atoms with van der Waals surface area (Å²) in [6.07, 6.45) is 5.94. The Hall–Kier alpha value is -2.89. The van der Waals surface area contributed by atoms with Crippen LogP contribution in [0.25, 0.3) is 17.1 Å². The average Bonchev–Trinajstić information content (AvgIpc) is 3.30. The summed E-state index contributed by atoms with van der Waals surface area (Å²) in [5.41, 5.74) is 7.50. The number of nitrogens with zero attached hydrogens (tertiary/aromatic N) is 5. The maximum atomic E-state index is 12.8. The van der Waals surface area contributed by atoms with E-state index < -0.39 is 10.0 Å². The zero-order valence-electron chi connectivity index (χ0n) is 15.8. The molecule has 0 radical (unpaired) electrons. The van der Waals surface area contributed by atoms with Crippen molar-refractivity contribution in [2.24, 2.45) is 5.41 Å². The summed E-state index contributed by atoms with van der Waals surface area (Å²) in [4.78, 5) is 12.7. The lowest BCUT2D eigenvalue weighted by molar-refractivity contribution is 0.213. The first-order valence-electron chi connectivity index (χ1n) is 9.03. The number of anilines is 1. The van der Waals surface area contributed by atoms with Crippen LogP contribution in [0, 0.1) is 12.3 Å². The Balaban J connectivity index is 1.68.